The van der Waals surface area contributed by atoms with Gasteiger partial charge in [-0.2, -0.15) is 0 Å². The number of hydrogen-bond donors (Lipinski definition) is 2. The molecule has 0 fully saturated rings. The van der Waals surface area contributed by atoms with Crippen LogP contribution in [-0.4, -0.2) is 42.7 Å². The summed E-state index contributed by atoms with van der Waals surface area (Å²) in [5, 5.41) is 18.4. The van der Waals surface area contributed by atoms with Crippen molar-refractivity contribution < 1.29 is 19.7 Å². The number of benzene rings is 1. The van der Waals surface area contributed by atoms with E-state index in [0.29, 0.717) is 26.4 Å². The Morgan fingerprint density at radius 3 is 2.29 bits per heavy atom. The van der Waals surface area contributed by atoms with E-state index in [1.54, 1.807) is 0 Å². The van der Waals surface area contributed by atoms with Crippen LogP contribution < -0.4 is 0 Å². The number of aliphatic hydroxyl groups is 2. The molecule has 21 heavy (non-hydrogen) atoms. The minimum atomic E-state index is -0.567. The summed E-state index contributed by atoms with van der Waals surface area (Å²) in [6.45, 7) is 2.10. The number of hydrogen-bond acceptors (Lipinski definition) is 4. The molecule has 4 nitrogen and oxygen atoms in total. The second-order valence-electron chi connectivity index (χ2n) is 5.22. The molecule has 0 spiro atoms. The van der Waals surface area contributed by atoms with Crippen LogP contribution in [0.1, 0.15) is 37.7 Å². The fourth-order valence-corrected chi connectivity index (χ4v) is 2.00. The average Bonchev–Trinajstić information content (AvgIpc) is 2.51. The van der Waals surface area contributed by atoms with Crippen LogP contribution in [0.25, 0.3) is 0 Å². The molecule has 0 bridgehead atoms. The first-order valence-corrected chi connectivity index (χ1v) is 7.81. The van der Waals surface area contributed by atoms with Crippen molar-refractivity contribution in [1.29, 1.82) is 0 Å². The molecule has 0 unspecified atom stereocenters. The van der Waals surface area contributed by atoms with Crippen molar-refractivity contribution in [2.24, 2.45) is 0 Å². The summed E-state index contributed by atoms with van der Waals surface area (Å²) >= 11 is 0. The lowest BCUT2D eigenvalue weighted by Crippen LogP contribution is -2.22. The summed E-state index contributed by atoms with van der Waals surface area (Å²) in [5.74, 6) is 0. The first-order valence-electron chi connectivity index (χ1n) is 7.81. The standard InChI is InChI=1S/C17H28O4/c18-11-7-2-1-3-8-12-20-14-17(19)15-21-13-16-9-5-4-6-10-16/h4-6,9-10,17-19H,1-3,7-8,11-15H2/t17-/m1/s1. The molecule has 0 aliphatic rings. The van der Waals surface area contributed by atoms with Crippen LogP contribution in [-0.2, 0) is 16.1 Å². The maximum atomic E-state index is 9.72. The Bertz CT molecular complexity index is 329. The molecule has 1 aromatic rings. The van der Waals surface area contributed by atoms with Gasteiger partial charge in [0.2, 0.25) is 0 Å². The topological polar surface area (TPSA) is 58.9 Å². The van der Waals surface area contributed by atoms with Crippen molar-refractivity contribution in [2.75, 3.05) is 26.4 Å². The zero-order valence-corrected chi connectivity index (χ0v) is 12.7. The fraction of sp³-hybridized carbons (Fsp3) is 0.647. The van der Waals surface area contributed by atoms with E-state index in [9.17, 15) is 5.11 Å². The van der Waals surface area contributed by atoms with Crippen molar-refractivity contribution in [1.82, 2.24) is 0 Å². The van der Waals surface area contributed by atoms with Crippen molar-refractivity contribution in [2.45, 2.75) is 44.8 Å². The van der Waals surface area contributed by atoms with E-state index in [1.165, 1.54) is 0 Å². The molecule has 2 N–H and O–H groups in total. The van der Waals surface area contributed by atoms with Gasteiger partial charge in [-0.05, 0) is 18.4 Å². The predicted octanol–water partition coefficient (Wildman–Crippen LogP) is 2.52. The van der Waals surface area contributed by atoms with Gasteiger partial charge < -0.3 is 19.7 Å². The van der Waals surface area contributed by atoms with Gasteiger partial charge in [-0.1, -0.05) is 49.6 Å². The lowest BCUT2D eigenvalue weighted by Gasteiger charge is -2.12. The van der Waals surface area contributed by atoms with Crippen molar-refractivity contribution in [3.8, 4) is 0 Å². The molecule has 0 aromatic heterocycles. The van der Waals surface area contributed by atoms with E-state index in [-0.39, 0.29) is 6.61 Å². The van der Waals surface area contributed by atoms with Crippen LogP contribution in [0.2, 0.25) is 0 Å². The zero-order valence-electron chi connectivity index (χ0n) is 12.7. The maximum Gasteiger partial charge on any atom is 0.101 e. The van der Waals surface area contributed by atoms with E-state index in [4.69, 9.17) is 14.6 Å². The second-order valence-corrected chi connectivity index (χ2v) is 5.22. The van der Waals surface area contributed by atoms with Gasteiger partial charge >= 0.3 is 0 Å². The molecule has 120 valence electrons. The van der Waals surface area contributed by atoms with Gasteiger partial charge in [0.1, 0.15) is 6.10 Å². The first-order chi connectivity index (χ1) is 10.3. The molecule has 1 rings (SSSR count). The molecule has 0 amide bonds. The lowest BCUT2D eigenvalue weighted by atomic mass is 10.1. The van der Waals surface area contributed by atoms with E-state index in [0.717, 1.165) is 37.7 Å². The largest absolute Gasteiger partial charge is 0.396 e. The van der Waals surface area contributed by atoms with E-state index < -0.39 is 6.10 Å². The third kappa shape index (κ3) is 10.4. The molecular formula is C17H28O4. The molecule has 0 heterocycles. The van der Waals surface area contributed by atoms with E-state index in [2.05, 4.69) is 0 Å². The predicted molar refractivity (Wildman–Crippen MR) is 83.1 cm³/mol. The molecule has 0 saturated heterocycles. The summed E-state index contributed by atoms with van der Waals surface area (Å²) in [6.07, 6.45) is 4.64. The van der Waals surface area contributed by atoms with Gasteiger partial charge in [-0.3, -0.25) is 0 Å². The average molecular weight is 296 g/mol. The van der Waals surface area contributed by atoms with Crippen LogP contribution in [0.15, 0.2) is 30.3 Å². The molecule has 0 aliphatic heterocycles. The minimum absolute atomic E-state index is 0.283. The second kappa shape index (κ2) is 12.8. The lowest BCUT2D eigenvalue weighted by molar-refractivity contribution is -0.0239. The Morgan fingerprint density at radius 2 is 1.52 bits per heavy atom. The molecule has 1 atom stereocenters. The highest BCUT2D eigenvalue weighted by atomic mass is 16.5. The SMILES string of the molecule is OCCCCCCCOC[C@@H](O)COCc1ccccc1. The van der Waals surface area contributed by atoms with Gasteiger partial charge in [0.25, 0.3) is 0 Å². The van der Waals surface area contributed by atoms with Gasteiger partial charge in [0, 0.05) is 13.2 Å². The number of aliphatic hydroxyl groups excluding tert-OH is 2. The highest BCUT2D eigenvalue weighted by Crippen LogP contribution is 2.03. The summed E-state index contributed by atoms with van der Waals surface area (Å²) in [7, 11) is 0. The Morgan fingerprint density at radius 1 is 0.857 bits per heavy atom. The highest BCUT2D eigenvalue weighted by Gasteiger charge is 2.04. The van der Waals surface area contributed by atoms with Gasteiger partial charge in [-0.15, -0.1) is 0 Å². The van der Waals surface area contributed by atoms with Gasteiger partial charge in [0.15, 0.2) is 0 Å². The summed E-state index contributed by atoms with van der Waals surface area (Å²) in [5.41, 5.74) is 1.11. The van der Waals surface area contributed by atoms with Crippen LogP contribution in [0.4, 0.5) is 0 Å². The third-order valence-corrected chi connectivity index (χ3v) is 3.18. The molecule has 0 radical (unpaired) electrons. The van der Waals surface area contributed by atoms with E-state index in [1.807, 2.05) is 30.3 Å². The van der Waals surface area contributed by atoms with Crippen molar-refractivity contribution >= 4 is 0 Å². The first kappa shape index (κ1) is 18.1. The quantitative estimate of drug-likeness (QED) is 0.549. The van der Waals surface area contributed by atoms with Crippen LogP contribution in [0.3, 0.4) is 0 Å². The highest BCUT2D eigenvalue weighted by molar-refractivity contribution is 5.13. The summed E-state index contributed by atoms with van der Waals surface area (Å²) in [4.78, 5) is 0. The number of rotatable bonds is 13. The summed E-state index contributed by atoms with van der Waals surface area (Å²) < 4.78 is 10.9. The Labute approximate surface area is 127 Å². The van der Waals surface area contributed by atoms with Crippen LogP contribution in [0.5, 0.6) is 0 Å². The Hall–Kier alpha value is -0.940. The summed E-state index contributed by atoms with van der Waals surface area (Å²) in [6, 6.07) is 9.91. The van der Waals surface area contributed by atoms with Crippen LogP contribution >= 0.6 is 0 Å². The van der Waals surface area contributed by atoms with Crippen molar-refractivity contribution in [3.05, 3.63) is 35.9 Å². The molecule has 1 aromatic carbocycles. The monoisotopic (exact) mass is 296 g/mol. The fourth-order valence-electron chi connectivity index (χ4n) is 2.00. The zero-order chi connectivity index (χ0) is 15.2. The van der Waals surface area contributed by atoms with Gasteiger partial charge in [0.05, 0.1) is 19.8 Å². The minimum Gasteiger partial charge on any atom is -0.396 e. The smallest absolute Gasteiger partial charge is 0.101 e. The third-order valence-electron chi connectivity index (χ3n) is 3.18. The molecular weight excluding hydrogens is 268 g/mol. The maximum absolute atomic E-state index is 9.72. The Balaban J connectivity index is 1.88. The molecule has 0 aliphatic carbocycles. The van der Waals surface area contributed by atoms with E-state index >= 15 is 0 Å². The normalized spacial score (nSPS) is 12.5. The van der Waals surface area contributed by atoms with Crippen LogP contribution in [0, 0.1) is 0 Å². The molecule has 4 heteroatoms. The number of unbranched alkanes of at least 4 members (excludes halogenated alkanes) is 4. The van der Waals surface area contributed by atoms with Gasteiger partial charge in [-0.25, -0.2) is 0 Å². The Kier molecular flexibility index (Phi) is 11.0. The van der Waals surface area contributed by atoms with Crippen molar-refractivity contribution in [3.63, 3.8) is 0 Å². The number of ether oxygens (including phenoxy) is 2. The molecule has 0 saturated carbocycles.